The van der Waals surface area contributed by atoms with Gasteiger partial charge in [-0.15, -0.1) is 0 Å². The molecular formula is C17H24N2O2S. The first-order chi connectivity index (χ1) is 10.6. The van der Waals surface area contributed by atoms with E-state index >= 15 is 0 Å². The Kier molecular flexibility index (Phi) is 3.55. The quantitative estimate of drug-likeness (QED) is 0.853. The predicted octanol–water partition coefficient (Wildman–Crippen LogP) is 2.14. The van der Waals surface area contributed by atoms with Crippen LogP contribution in [-0.2, 0) is 16.6 Å². The van der Waals surface area contributed by atoms with Gasteiger partial charge in [0.1, 0.15) is 0 Å². The molecule has 2 saturated heterocycles. The summed E-state index contributed by atoms with van der Waals surface area (Å²) < 4.78 is 26.9. The Morgan fingerprint density at radius 1 is 1.00 bits per heavy atom. The normalized spacial score (nSPS) is 29.9. The molecule has 120 valence electrons. The molecule has 0 amide bonds. The number of likely N-dealkylation sites (tertiary alicyclic amines) is 1. The standard InChI is InChI=1S/C17H24N2O2S/c1-13-2-4-14(5-3-13)12-18-10-8-17-16(18)9-11-19(17)22(20,21)15-6-7-15/h2-5,15-17H,6-12H2,1H3/t16-,17-/m1/s1. The molecule has 2 heterocycles. The van der Waals surface area contributed by atoms with Crippen LogP contribution in [-0.4, -0.2) is 48.0 Å². The summed E-state index contributed by atoms with van der Waals surface area (Å²) in [5, 5.41) is -0.0719. The van der Waals surface area contributed by atoms with Gasteiger partial charge in [-0.1, -0.05) is 29.8 Å². The lowest BCUT2D eigenvalue weighted by Crippen LogP contribution is -2.41. The van der Waals surface area contributed by atoms with Crippen LogP contribution in [0.2, 0.25) is 0 Å². The van der Waals surface area contributed by atoms with Gasteiger partial charge in [0.25, 0.3) is 0 Å². The zero-order chi connectivity index (χ0) is 15.3. The average molecular weight is 320 g/mol. The fourth-order valence-electron chi connectivity index (χ4n) is 4.03. The molecule has 3 aliphatic rings. The number of rotatable bonds is 4. The largest absolute Gasteiger partial charge is 0.294 e. The minimum Gasteiger partial charge on any atom is -0.294 e. The van der Waals surface area contributed by atoms with Gasteiger partial charge in [-0.2, -0.15) is 4.31 Å². The first kappa shape index (κ1) is 14.7. The van der Waals surface area contributed by atoms with Gasteiger partial charge in [-0.25, -0.2) is 8.42 Å². The highest BCUT2D eigenvalue weighted by atomic mass is 32.2. The van der Waals surface area contributed by atoms with E-state index in [2.05, 4.69) is 36.1 Å². The van der Waals surface area contributed by atoms with Crippen LogP contribution >= 0.6 is 0 Å². The lowest BCUT2D eigenvalue weighted by molar-refractivity contribution is 0.240. The molecular weight excluding hydrogens is 296 g/mol. The summed E-state index contributed by atoms with van der Waals surface area (Å²) in [5.74, 6) is 0. The van der Waals surface area contributed by atoms with Crippen molar-refractivity contribution >= 4 is 10.0 Å². The highest BCUT2D eigenvalue weighted by Crippen LogP contribution is 2.39. The number of nitrogens with zero attached hydrogens (tertiary/aromatic N) is 2. The lowest BCUT2D eigenvalue weighted by Gasteiger charge is -2.25. The molecule has 0 radical (unpaired) electrons. The van der Waals surface area contributed by atoms with Crippen LogP contribution in [0.1, 0.15) is 36.8 Å². The number of fused-ring (bicyclic) bond motifs is 1. The van der Waals surface area contributed by atoms with Gasteiger partial charge in [0, 0.05) is 31.7 Å². The summed E-state index contributed by atoms with van der Waals surface area (Å²) in [5.41, 5.74) is 2.61. The fraction of sp³-hybridized carbons (Fsp3) is 0.647. The van der Waals surface area contributed by atoms with E-state index < -0.39 is 10.0 Å². The Morgan fingerprint density at radius 3 is 2.36 bits per heavy atom. The maximum atomic E-state index is 12.5. The topological polar surface area (TPSA) is 40.6 Å². The van der Waals surface area contributed by atoms with E-state index in [0.29, 0.717) is 6.04 Å². The van der Waals surface area contributed by atoms with E-state index in [-0.39, 0.29) is 11.3 Å². The molecule has 5 heteroatoms. The Balaban J connectivity index is 1.47. The molecule has 1 saturated carbocycles. The van der Waals surface area contributed by atoms with Gasteiger partial charge < -0.3 is 0 Å². The van der Waals surface area contributed by atoms with E-state index in [4.69, 9.17) is 0 Å². The molecule has 0 N–H and O–H groups in total. The summed E-state index contributed by atoms with van der Waals surface area (Å²) in [6, 6.07) is 9.32. The van der Waals surface area contributed by atoms with Crippen LogP contribution in [0.4, 0.5) is 0 Å². The van der Waals surface area contributed by atoms with E-state index in [1.165, 1.54) is 11.1 Å². The molecule has 3 fully saturated rings. The Hall–Kier alpha value is -0.910. The Morgan fingerprint density at radius 2 is 1.68 bits per heavy atom. The molecule has 1 aromatic carbocycles. The number of hydrogen-bond acceptors (Lipinski definition) is 3. The molecule has 2 atom stereocenters. The number of benzene rings is 1. The molecule has 2 aliphatic heterocycles. The zero-order valence-electron chi connectivity index (χ0n) is 13.1. The molecule has 0 unspecified atom stereocenters. The zero-order valence-corrected chi connectivity index (χ0v) is 13.9. The van der Waals surface area contributed by atoms with Crippen molar-refractivity contribution in [3.63, 3.8) is 0 Å². The van der Waals surface area contributed by atoms with Crippen LogP contribution in [0.3, 0.4) is 0 Å². The molecule has 0 spiro atoms. The second-order valence-electron chi connectivity index (χ2n) is 7.02. The summed E-state index contributed by atoms with van der Waals surface area (Å²) in [4.78, 5) is 2.48. The maximum Gasteiger partial charge on any atom is 0.217 e. The molecule has 0 aromatic heterocycles. The highest BCUT2D eigenvalue weighted by molar-refractivity contribution is 7.90. The summed E-state index contributed by atoms with van der Waals surface area (Å²) in [6.45, 7) is 4.78. The van der Waals surface area contributed by atoms with Crippen molar-refractivity contribution in [2.75, 3.05) is 13.1 Å². The van der Waals surface area contributed by atoms with Crippen LogP contribution in [0.15, 0.2) is 24.3 Å². The van der Waals surface area contributed by atoms with E-state index in [1.807, 2.05) is 4.31 Å². The average Bonchev–Trinajstić information content (AvgIpc) is 3.16. The number of aryl methyl sites for hydroxylation is 1. The van der Waals surface area contributed by atoms with E-state index in [9.17, 15) is 8.42 Å². The van der Waals surface area contributed by atoms with Crippen molar-refractivity contribution in [2.24, 2.45) is 0 Å². The molecule has 4 nitrogen and oxygen atoms in total. The van der Waals surface area contributed by atoms with Crippen LogP contribution in [0.5, 0.6) is 0 Å². The predicted molar refractivity (Wildman–Crippen MR) is 87.0 cm³/mol. The molecule has 1 aliphatic carbocycles. The highest BCUT2D eigenvalue weighted by Gasteiger charge is 2.50. The SMILES string of the molecule is Cc1ccc(CN2CC[C@@H]3[C@H]2CCN3S(=O)(=O)C2CC2)cc1. The van der Waals surface area contributed by atoms with Gasteiger partial charge in [-0.05, 0) is 38.2 Å². The van der Waals surface area contributed by atoms with Crippen molar-refractivity contribution < 1.29 is 8.42 Å². The second-order valence-corrected chi connectivity index (χ2v) is 9.19. The van der Waals surface area contributed by atoms with Crippen molar-refractivity contribution in [2.45, 2.75) is 56.5 Å². The van der Waals surface area contributed by atoms with Crippen molar-refractivity contribution in [1.82, 2.24) is 9.21 Å². The van der Waals surface area contributed by atoms with Crippen LogP contribution in [0.25, 0.3) is 0 Å². The Bertz CT molecular complexity index is 652. The van der Waals surface area contributed by atoms with Crippen LogP contribution < -0.4 is 0 Å². The van der Waals surface area contributed by atoms with E-state index in [0.717, 1.165) is 45.3 Å². The van der Waals surface area contributed by atoms with Gasteiger partial charge in [0.05, 0.1) is 5.25 Å². The molecule has 0 bridgehead atoms. The summed E-state index contributed by atoms with van der Waals surface area (Å²) in [6.07, 6.45) is 3.71. The van der Waals surface area contributed by atoms with Gasteiger partial charge in [0.15, 0.2) is 0 Å². The number of sulfonamides is 1. The Labute approximate surface area is 133 Å². The number of hydrogen-bond donors (Lipinski definition) is 0. The van der Waals surface area contributed by atoms with Crippen molar-refractivity contribution in [3.05, 3.63) is 35.4 Å². The lowest BCUT2D eigenvalue weighted by atomic mass is 10.1. The minimum absolute atomic E-state index is 0.0719. The van der Waals surface area contributed by atoms with Gasteiger partial charge >= 0.3 is 0 Å². The molecule has 22 heavy (non-hydrogen) atoms. The summed E-state index contributed by atoms with van der Waals surface area (Å²) >= 11 is 0. The van der Waals surface area contributed by atoms with Crippen molar-refractivity contribution in [3.8, 4) is 0 Å². The van der Waals surface area contributed by atoms with Crippen molar-refractivity contribution in [1.29, 1.82) is 0 Å². The third kappa shape index (κ3) is 2.49. The van der Waals surface area contributed by atoms with Gasteiger partial charge in [-0.3, -0.25) is 4.90 Å². The molecule has 1 aromatic rings. The molecule has 4 rings (SSSR count). The first-order valence-corrected chi connectivity index (χ1v) is 9.86. The summed E-state index contributed by atoms with van der Waals surface area (Å²) in [7, 11) is -3.01. The van der Waals surface area contributed by atoms with Gasteiger partial charge in [0.2, 0.25) is 10.0 Å². The second kappa shape index (κ2) is 5.32. The minimum atomic E-state index is -3.01. The maximum absolute atomic E-state index is 12.5. The fourth-order valence-corrected chi connectivity index (χ4v) is 6.13. The third-order valence-corrected chi connectivity index (χ3v) is 7.84. The van der Waals surface area contributed by atoms with Crippen LogP contribution in [0, 0.1) is 6.92 Å². The monoisotopic (exact) mass is 320 g/mol. The first-order valence-electron chi connectivity index (χ1n) is 8.36. The smallest absolute Gasteiger partial charge is 0.217 e. The van der Waals surface area contributed by atoms with E-state index in [1.54, 1.807) is 0 Å². The third-order valence-electron chi connectivity index (χ3n) is 5.42.